The Morgan fingerprint density at radius 2 is 1.66 bits per heavy atom. The van der Waals surface area contributed by atoms with Gasteiger partial charge in [0.2, 0.25) is 21.8 Å². The molecule has 202 valence electrons. The van der Waals surface area contributed by atoms with Gasteiger partial charge in [0, 0.05) is 24.5 Å². The molecule has 0 spiro atoms. The first-order valence-corrected chi connectivity index (χ1v) is 14.4. The number of sulfonamides is 1. The predicted octanol–water partition coefficient (Wildman–Crippen LogP) is 4.41. The Balaban J connectivity index is 2.04. The minimum absolute atomic E-state index is 0.0111. The van der Waals surface area contributed by atoms with Gasteiger partial charge in [-0.05, 0) is 47.9 Å². The number of nitrogens with one attached hydrogen (secondary N) is 1. The number of rotatable bonds is 12. The molecule has 3 aromatic carbocycles. The van der Waals surface area contributed by atoms with Crippen LogP contribution < -0.4 is 9.62 Å². The van der Waals surface area contributed by atoms with Crippen LogP contribution in [0.15, 0.2) is 78.9 Å². The molecule has 0 aromatic heterocycles. The van der Waals surface area contributed by atoms with Gasteiger partial charge in [-0.1, -0.05) is 67.1 Å². The molecule has 0 aliphatic rings. The summed E-state index contributed by atoms with van der Waals surface area (Å²) in [7, 11) is -3.96. The normalized spacial score (nSPS) is 12.0. The second-order valence-corrected chi connectivity index (χ2v) is 11.2. The highest BCUT2D eigenvalue weighted by Gasteiger charge is 2.33. The van der Waals surface area contributed by atoms with E-state index >= 15 is 0 Å². The maximum Gasteiger partial charge on any atom is 0.244 e. The molecule has 2 amide bonds. The standard InChI is InChI=1S/C28H31ClFN3O4S/c1-3-15-31-28(35)26(17-21-9-5-4-6-10-21)32(19-22-11-7-12-23(29)16-22)27(34)20-33(38(2,36)37)25-14-8-13-24(30)18-25/h4-14,16,18,26H,3,15,17,19-20H2,1-2H3,(H,31,35)/t26-/m1/s1. The number of anilines is 1. The molecule has 3 aromatic rings. The highest BCUT2D eigenvalue weighted by molar-refractivity contribution is 7.92. The average molecular weight is 560 g/mol. The van der Waals surface area contributed by atoms with Crippen LogP contribution in [-0.4, -0.2) is 50.5 Å². The molecule has 7 nitrogen and oxygen atoms in total. The summed E-state index contributed by atoms with van der Waals surface area (Å²) < 4.78 is 40.1. The number of amides is 2. The van der Waals surface area contributed by atoms with E-state index in [1.54, 1.807) is 24.3 Å². The number of carbonyl (C=O) groups excluding carboxylic acids is 2. The minimum atomic E-state index is -3.96. The fourth-order valence-corrected chi connectivity index (χ4v) is 5.05. The summed E-state index contributed by atoms with van der Waals surface area (Å²) in [5, 5.41) is 3.33. The van der Waals surface area contributed by atoms with Crippen molar-refractivity contribution in [3.8, 4) is 0 Å². The Morgan fingerprint density at radius 1 is 0.974 bits per heavy atom. The number of halogens is 2. The average Bonchev–Trinajstić information content (AvgIpc) is 2.87. The van der Waals surface area contributed by atoms with Crippen LogP contribution in [0.25, 0.3) is 0 Å². The highest BCUT2D eigenvalue weighted by atomic mass is 35.5. The molecule has 1 N–H and O–H groups in total. The van der Waals surface area contributed by atoms with Crippen LogP contribution in [0.4, 0.5) is 10.1 Å². The summed E-state index contributed by atoms with van der Waals surface area (Å²) in [5.74, 6) is -1.62. The Morgan fingerprint density at radius 3 is 2.29 bits per heavy atom. The van der Waals surface area contributed by atoms with Crippen LogP contribution in [-0.2, 0) is 32.6 Å². The van der Waals surface area contributed by atoms with Gasteiger partial charge in [-0.2, -0.15) is 0 Å². The van der Waals surface area contributed by atoms with E-state index < -0.39 is 34.3 Å². The van der Waals surface area contributed by atoms with Gasteiger partial charge in [0.1, 0.15) is 18.4 Å². The number of benzene rings is 3. The van der Waals surface area contributed by atoms with E-state index in [1.807, 2.05) is 37.3 Å². The van der Waals surface area contributed by atoms with E-state index in [1.165, 1.54) is 23.1 Å². The van der Waals surface area contributed by atoms with Crippen LogP contribution in [0.3, 0.4) is 0 Å². The van der Waals surface area contributed by atoms with Gasteiger partial charge in [-0.25, -0.2) is 12.8 Å². The van der Waals surface area contributed by atoms with E-state index in [-0.39, 0.29) is 24.6 Å². The number of carbonyl (C=O) groups is 2. The fraction of sp³-hybridized carbons (Fsp3) is 0.286. The molecule has 0 radical (unpaired) electrons. The van der Waals surface area contributed by atoms with Crippen molar-refractivity contribution in [3.05, 3.63) is 101 Å². The summed E-state index contributed by atoms with van der Waals surface area (Å²) in [5.41, 5.74) is 1.51. The predicted molar refractivity (Wildman–Crippen MR) is 148 cm³/mol. The van der Waals surface area contributed by atoms with Gasteiger partial charge < -0.3 is 10.2 Å². The molecule has 0 aliphatic carbocycles. The van der Waals surface area contributed by atoms with Crippen molar-refractivity contribution in [1.29, 1.82) is 0 Å². The zero-order valence-corrected chi connectivity index (χ0v) is 22.9. The first kappa shape index (κ1) is 29.1. The van der Waals surface area contributed by atoms with Crippen LogP contribution in [0.2, 0.25) is 5.02 Å². The summed E-state index contributed by atoms with van der Waals surface area (Å²) in [4.78, 5) is 28.6. The maximum absolute atomic E-state index is 13.9. The lowest BCUT2D eigenvalue weighted by molar-refractivity contribution is -0.140. The number of nitrogens with zero attached hydrogens (tertiary/aromatic N) is 2. The summed E-state index contributed by atoms with van der Waals surface area (Å²) in [6.07, 6.45) is 1.86. The number of hydrogen-bond donors (Lipinski definition) is 1. The second kappa shape index (κ2) is 13.4. The van der Waals surface area contributed by atoms with Crippen molar-refractivity contribution >= 4 is 39.1 Å². The summed E-state index contributed by atoms with van der Waals surface area (Å²) in [6, 6.07) is 20.2. The first-order valence-electron chi connectivity index (χ1n) is 12.2. The molecular weight excluding hydrogens is 529 g/mol. The zero-order valence-electron chi connectivity index (χ0n) is 21.3. The van der Waals surface area contributed by atoms with Gasteiger partial charge in [-0.15, -0.1) is 0 Å². The minimum Gasteiger partial charge on any atom is -0.354 e. The monoisotopic (exact) mass is 559 g/mol. The van der Waals surface area contributed by atoms with Crippen LogP contribution in [0, 0.1) is 5.82 Å². The zero-order chi connectivity index (χ0) is 27.7. The molecule has 1 atom stereocenters. The molecule has 0 saturated heterocycles. The van der Waals surface area contributed by atoms with Crippen LogP contribution in [0.1, 0.15) is 24.5 Å². The Hall–Kier alpha value is -3.43. The third-order valence-corrected chi connectivity index (χ3v) is 7.21. The topological polar surface area (TPSA) is 86.8 Å². The molecule has 0 aliphatic heterocycles. The molecule has 3 rings (SSSR count). The summed E-state index contributed by atoms with van der Waals surface area (Å²) in [6.45, 7) is 1.73. The fourth-order valence-electron chi connectivity index (χ4n) is 4.00. The Bertz CT molecular complexity index is 1350. The second-order valence-electron chi connectivity index (χ2n) is 8.90. The van der Waals surface area contributed by atoms with Crippen LogP contribution >= 0.6 is 11.6 Å². The van der Waals surface area contributed by atoms with Crippen molar-refractivity contribution in [2.75, 3.05) is 23.7 Å². The van der Waals surface area contributed by atoms with Crippen molar-refractivity contribution < 1.29 is 22.4 Å². The molecule has 0 bridgehead atoms. The van der Waals surface area contributed by atoms with Gasteiger partial charge in [-0.3, -0.25) is 13.9 Å². The van der Waals surface area contributed by atoms with E-state index in [4.69, 9.17) is 11.6 Å². The van der Waals surface area contributed by atoms with E-state index in [2.05, 4.69) is 5.32 Å². The third kappa shape index (κ3) is 8.29. The van der Waals surface area contributed by atoms with Crippen molar-refractivity contribution in [1.82, 2.24) is 10.2 Å². The molecule has 0 saturated carbocycles. The smallest absolute Gasteiger partial charge is 0.244 e. The SMILES string of the molecule is CCCNC(=O)[C@@H](Cc1ccccc1)N(Cc1cccc(Cl)c1)C(=O)CN(c1cccc(F)c1)S(C)(=O)=O. The lowest BCUT2D eigenvalue weighted by Gasteiger charge is -2.33. The molecular formula is C28H31ClFN3O4S. The highest BCUT2D eigenvalue weighted by Crippen LogP contribution is 2.22. The van der Waals surface area contributed by atoms with E-state index in [0.717, 1.165) is 22.2 Å². The molecule has 0 unspecified atom stereocenters. The third-order valence-electron chi connectivity index (χ3n) is 5.84. The Labute approximate surface area is 228 Å². The van der Waals surface area contributed by atoms with Gasteiger partial charge in [0.15, 0.2) is 0 Å². The summed E-state index contributed by atoms with van der Waals surface area (Å²) >= 11 is 6.18. The molecule has 38 heavy (non-hydrogen) atoms. The first-order chi connectivity index (χ1) is 18.1. The lowest BCUT2D eigenvalue weighted by atomic mass is 10.0. The lowest BCUT2D eigenvalue weighted by Crippen LogP contribution is -2.53. The number of hydrogen-bond acceptors (Lipinski definition) is 4. The van der Waals surface area contributed by atoms with Crippen molar-refractivity contribution in [3.63, 3.8) is 0 Å². The quantitative estimate of drug-likeness (QED) is 0.356. The largest absolute Gasteiger partial charge is 0.354 e. The van der Waals surface area contributed by atoms with Gasteiger partial charge >= 0.3 is 0 Å². The van der Waals surface area contributed by atoms with Crippen molar-refractivity contribution in [2.45, 2.75) is 32.4 Å². The van der Waals surface area contributed by atoms with Gasteiger partial charge in [0.25, 0.3) is 0 Å². The van der Waals surface area contributed by atoms with E-state index in [9.17, 15) is 22.4 Å². The Kier molecular flexibility index (Phi) is 10.3. The van der Waals surface area contributed by atoms with E-state index in [0.29, 0.717) is 23.6 Å². The molecule has 0 heterocycles. The van der Waals surface area contributed by atoms with Crippen LogP contribution in [0.5, 0.6) is 0 Å². The molecule has 10 heteroatoms. The molecule has 0 fully saturated rings. The van der Waals surface area contributed by atoms with Gasteiger partial charge in [0.05, 0.1) is 11.9 Å². The van der Waals surface area contributed by atoms with Crippen molar-refractivity contribution in [2.24, 2.45) is 0 Å². The maximum atomic E-state index is 13.9.